The molecule has 5 rings (SSSR count). The molecule has 1 aromatic carbocycles. The smallest absolute Gasteiger partial charge is 0.243 e. The summed E-state index contributed by atoms with van der Waals surface area (Å²) in [5, 5.41) is 2.98. The van der Waals surface area contributed by atoms with Crippen LogP contribution in [-0.2, 0) is 19.1 Å². The van der Waals surface area contributed by atoms with Crippen LogP contribution in [0.15, 0.2) is 76.4 Å². The number of fused-ring (bicyclic) bond motifs is 1. The highest BCUT2D eigenvalue weighted by Gasteiger charge is 2.46. The number of amides is 1. The number of benzene rings is 1. The normalized spacial score (nSPS) is 23.1. The predicted molar refractivity (Wildman–Crippen MR) is 129 cm³/mol. The van der Waals surface area contributed by atoms with Crippen LogP contribution in [0, 0.1) is 0 Å². The number of Topliss-reactive ketones (excluding diaryl/α,β-unsaturated/α-hetero) is 2. The minimum Gasteiger partial charge on any atom is -0.484 e. The van der Waals surface area contributed by atoms with Crippen molar-refractivity contribution in [2.24, 2.45) is 0 Å². The van der Waals surface area contributed by atoms with Crippen molar-refractivity contribution in [3.05, 3.63) is 76.4 Å². The molecule has 0 radical (unpaired) electrons. The molecule has 0 bridgehead atoms. The van der Waals surface area contributed by atoms with Crippen LogP contribution < -0.4 is 5.32 Å². The van der Waals surface area contributed by atoms with Crippen LogP contribution in [0.25, 0.3) is 0 Å². The molecule has 0 aromatic heterocycles. The number of likely N-dealkylation sites (tertiary alicyclic amines) is 1. The second kappa shape index (κ2) is 8.80. The van der Waals surface area contributed by atoms with Crippen molar-refractivity contribution in [3.63, 3.8) is 0 Å². The number of nitrogens with zero attached hydrogens (tertiary/aromatic N) is 1. The monoisotopic (exact) mass is 462 g/mol. The van der Waals surface area contributed by atoms with E-state index in [1.54, 1.807) is 6.08 Å². The number of thioether (sulfide) groups is 1. The quantitative estimate of drug-likeness (QED) is 0.544. The molecule has 1 aromatic rings. The summed E-state index contributed by atoms with van der Waals surface area (Å²) in [6.07, 6.45) is 9.74. The molecule has 1 unspecified atom stereocenters. The van der Waals surface area contributed by atoms with Crippen LogP contribution in [-0.4, -0.2) is 52.9 Å². The van der Waals surface area contributed by atoms with Crippen LogP contribution in [0.4, 0.5) is 5.69 Å². The van der Waals surface area contributed by atoms with Gasteiger partial charge in [0.2, 0.25) is 17.5 Å². The maximum absolute atomic E-state index is 12.7. The molecule has 170 valence electrons. The highest BCUT2D eigenvalue weighted by atomic mass is 32.2. The standard InChI is InChI=1S/C26H26N2O4S/c1-17(25(31)27-18-8-4-2-5-9-18)28-14-12-26(13-15-28)16-33-24-22(30)21(29)19-10-6-3-7-11-20(19)23(24)32-26/h2,4-11,17H,3,12-16H2,1H3,(H,27,31). The van der Waals surface area contributed by atoms with E-state index in [2.05, 4.69) is 10.2 Å². The summed E-state index contributed by atoms with van der Waals surface area (Å²) in [5.41, 5.74) is 1.53. The van der Waals surface area contributed by atoms with Gasteiger partial charge >= 0.3 is 0 Å². The minimum atomic E-state index is -0.466. The number of hydrogen-bond acceptors (Lipinski definition) is 6. The van der Waals surface area contributed by atoms with Gasteiger partial charge in [-0.3, -0.25) is 19.3 Å². The number of carbonyl (C=O) groups is 3. The average Bonchev–Trinajstić information content (AvgIpc) is 3.10. The second-order valence-electron chi connectivity index (χ2n) is 8.83. The van der Waals surface area contributed by atoms with Crippen LogP contribution in [0.2, 0.25) is 0 Å². The van der Waals surface area contributed by atoms with Crippen LogP contribution in [0.1, 0.15) is 26.2 Å². The molecular weight excluding hydrogens is 436 g/mol. The highest BCUT2D eigenvalue weighted by Crippen LogP contribution is 2.46. The molecule has 2 heterocycles. The lowest BCUT2D eigenvalue weighted by atomic mass is 9.89. The number of hydrogen-bond donors (Lipinski definition) is 1. The van der Waals surface area contributed by atoms with E-state index in [1.165, 1.54) is 11.8 Å². The van der Waals surface area contributed by atoms with Crippen LogP contribution in [0.3, 0.4) is 0 Å². The van der Waals surface area contributed by atoms with Gasteiger partial charge in [0, 0.05) is 48.5 Å². The van der Waals surface area contributed by atoms with Crippen molar-refractivity contribution in [2.75, 3.05) is 24.2 Å². The molecule has 1 amide bonds. The number of allylic oxidation sites excluding steroid dienone is 6. The number of piperidine rings is 1. The van der Waals surface area contributed by atoms with Crippen molar-refractivity contribution in [2.45, 2.75) is 37.8 Å². The number of ether oxygens (including phenoxy) is 1. The van der Waals surface area contributed by atoms with E-state index in [0.717, 1.165) is 31.6 Å². The number of ketones is 2. The van der Waals surface area contributed by atoms with E-state index in [9.17, 15) is 14.4 Å². The first kappa shape index (κ1) is 21.9. The molecule has 1 N–H and O–H groups in total. The first-order valence-electron chi connectivity index (χ1n) is 11.3. The largest absolute Gasteiger partial charge is 0.484 e. The van der Waals surface area contributed by atoms with Gasteiger partial charge in [-0.15, -0.1) is 11.8 Å². The Kier molecular flexibility index (Phi) is 5.85. The fourth-order valence-electron chi connectivity index (χ4n) is 4.66. The first-order chi connectivity index (χ1) is 16.0. The molecule has 1 spiro atoms. The topological polar surface area (TPSA) is 75.7 Å². The molecule has 1 saturated heterocycles. The maximum Gasteiger partial charge on any atom is 0.243 e. The van der Waals surface area contributed by atoms with Crippen molar-refractivity contribution in [1.29, 1.82) is 0 Å². The van der Waals surface area contributed by atoms with E-state index in [4.69, 9.17) is 4.74 Å². The minimum absolute atomic E-state index is 0.0253. The van der Waals surface area contributed by atoms with Crippen molar-refractivity contribution < 1.29 is 19.1 Å². The van der Waals surface area contributed by atoms with Crippen LogP contribution in [0.5, 0.6) is 0 Å². The highest BCUT2D eigenvalue weighted by molar-refractivity contribution is 8.04. The lowest BCUT2D eigenvalue weighted by molar-refractivity contribution is -0.132. The molecule has 4 aliphatic rings. The fraction of sp³-hybridized carbons (Fsp3) is 0.346. The third kappa shape index (κ3) is 4.11. The number of rotatable bonds is 3. The van der Waals surface area contributed by atoms with E-state index in [0.29, 0.717) is 34.0 Å². The van der Waals surface area contributed by atoms with Gasteiger partial charge in [0.05, 0.1) is 6.04 Å². The third-order valence-corrected chi connectivity index (χ3v) is 8.05. The van der Waals surface area contributed by atoms with Gasteiger partial charge < -0.3 is 10.1 Å². The Morgan fingerprint density at radius 2 is 1.76 bits per heavy atom. The van der Waals surface area contributed by atoms with Crippen LogP contribution >= 0.6 is 11.8 Å². The number of carbonyl (C=O) groups excluding carboxylic acids is 3. The summed E-state index contributed by atoms with van der Waals surface area (Å²) < 4.78 is 6.56. The Hall–Kier alpha value is -2.90. The average molecular weight is 463 g/mol. The number of nitrogens with one attached hydrogen (secondary N) is 1. The summed E-state index contributed by atoms with van der Waals surface area (Å²) in [6, 6.07) is 9.22. The van der Waals surface area contributed by atoms with Crippen molar-refractivity contribution in [3.8, 4) is 0 Å². The summed E-state index contributed by atoms with van der Waals surface area (Å²) in [6.45, 7) is 3.38. The van der Waals surface area contributed by atoms with Gasteiger partial charge in [0.1, 0.15) is 16.3 Å². The van der Waals surface area contributed by atoms with Crippen molar-refractivity contribution in [1.82, 2.24) is 4.90 Å². The molecule has 7 heteroatoms. The SMILES string of the molecule is CC(C(=O)Nc1ccccc1)N1CCC2(CC1)CSC1=C(O2)C2=C(C=CCC=C2)C(=O)C1=O. The molecule has 2 aliphatic carbocycles. The number of anilines is 1. The zero-order valence-corrected chi connectivity index (χ0v) is 19.3. The molecule has 6 nitrogen and oxygen atoms in total. The number of para-hydroxylation sites is 1. The lowest BCUT2D eigenvalue weighted by Crippen LogP contribution is -2.53. The lowest BCUT2D eigenvalue weighted by Gasteiger charge is -2.46. The Morgan fingerprint density at radius 1 is 1.06 bits per heavy atom. The maximum atomic E-state index is 12.7. The molecular formula is C26H26N2O4S. The Morgan fingerprint density at radius 3 is 2.48 bits per heavy atom. The molecule has 2 aliphatic heterocycles. The van der Waals surface area contributed by atoms with E-state index in [1.807, 2.05) is 55.5 Å². The summed E-state index contributed by atoms with van der Waals surface area (Å²) in [5.74, 6) is 0.240. The van der Waals surface area contributed by atoms with Gasteiger partial charge in [-0.2, -0.15) is 0 Å². The first-order valence-corrected chi connectivity index (χ1v) is 12.3. The Bertz CT molecular complexity index is 1120. The molecule has 1 fully saturated rings. The molecule has 0 saturated carbocycles. The van der Waals surface area contributed by atoms with Gasteiger partial charge in [-0.05, 0) is 25.5 Å². The zero-order valence-electron chi connectivity index (χ0n) is 18.5. The predicted octanol–water partition coefficient (Wildman–Crippen LogP) is 3.79. The zero-order chi connectivity index (χ0) is 23.0. The second-order valence-corrected chi connectivity index (χ2v) is 9.81. The van der Waals surface area contributed by atoms with E-state index < -0.39 is 17.2 Å². The Balaban J connectivity index is 1.29. The fourth-order valence-corrected chi connectivity index (χ4v) is 5.92. The van der Waals surface area contributed by atoms with Crippen molar-refractivity contribution >= 4 is 34.9 Å². The molecule has 33 heavy (non-hydrogen) atoms. The van der Waals surface area contributed by atoms with E-state index in [-0.39, 0.29) is 11.9 Å². The molecule has 1 atom stereocenters. The van der Waals surface area contributed by atoms with E-state index >= 15 is 0 Å². The summed E-state index contributed by atoms with van der Waals surface area (Å²) in [4.78, 5) is 40.7. The third-order valence-electron chi connectivity index (χ3n) is 6.72. The summed E-state index contributed by atoms with van der Waals surface area (Å²) >= 11 is 1.44. The van der Waals surface area contributed by atoms with Gasteiger partial charge in [-0.1, -0.05) is 42.5 Å². The van der Waals surface area contributed by atoms with Gasteiger partial charge in [0.15, 0.2) is 0 Å². The van der Waals surface area contributed by atoms with Gasteiger partial charge in [0.25, 0.3) is 0 Å². The summed E-state index contributed by atoms with van der Waals surface area (Å²) in [7, 11) is 0. The van der Waals surface area contributed by atoms with Gasteiger partial charge in [-0.25, -0.2) is 0 Å². The Labute approximate surface area is 197 Å².